The Kier molecular flexibility index (Phi) is 5.63. The second kappa shape index (κ2) is 7.68. The molecule has 0 aliphatic heterocycles. The second-order valence-corrected chi connectivity index (χ2v) is 5.43. The molecule has 2 rings (SSSR count). The van der Waals surface area contributed by atoms with Crippen LogP contribution < -0.4 is 11.1 Å². The van der Waals surface area contributed by atoms with E-state index in [9.17, 15) is 4.79 Å². The summed E-state index contributed by atoms with van der Waals surface area (Å²) in [5.41, 5.74) is 9.18. The number of amides is 1. The minimum Gasteiger partial charge on any atom is -0.348 e. The fourth-order valence-electron chi connectivity index (χ4n) is 2.23. The summed E-state index contributed by atoms with van der Waals surface area (Å²) in [6.07, 6.45) is 1.61. The summed E-state index contributed by atoms with van der Waals surface area (Å²) in [6.45, 7) is 1.68. The minimum absolute atomic E-state index is 0.114. The monoisotopic (exact) mass is 298 g/mol. The van der Waals surface area contributed by atoms with E-state index >= 15 is 0 Å². The molecule has 1 amide bonds. The van der Waals surface area contributed by atoms with Gasteiger partial charge in [0.05, 0.1) is 5.69 Å². The molecule has 22 heavy (non-hydrogen) atoms. The molecule has 5 nitrogen and oxygen atoms in total. The summed E-state index contributed by atoms with van der Waals surface area (Å²) >= 11 is 0. The van der Waals surface area contributed by atoms with Crippen molar-refractivity contribution in [1.82, 2.24) is 15.2 Å². The number of hydrogen-bond acceptors (Lipinski definition) is 4. The molecule has 0 aliphatic rings. The molecular weight excluding hydrogens is 276 g/mol. The molecule has 0 saturated heterocycles. The van der Waals surface area contributed by atoms with Gasteiger partial charge in [-0.05, 0) is 37.4 Å². The average molecular weight is 298 g/mol. The van der Waals surface area contributed by atoms with Crippen molar-refractivity contribution in [3.8, 4) is 0 Å². The summed E-state index contributed by atoms with van der Waals surface area (Å²) in [6, 6.07) is 11.5. The topological polar surface area (TPSA) is 71.2 Å². The van der Waals surface area contributed by atoms with Gasteiger partial charge in [-0.15, -0.1) is 0 Å². The average Bonchev–Trinajstić information content (AvgIpc) is 2.53. The number of carbonyl (C=O) groups excluding carboxylic acids is 1. The van der Waals surface area contributed by atoms with Crippen LogP contribution in [0, 0.1) is 0 Å². The molecule has 0 unspecified atom stereocenters. The Labute approximate surface area is 131 Å². The van der Waals surface area contributed by atoms with Crippen molar-refractivity contribution in [3.05, 3.63) is 65.0 Å². The van der Waals surface area contributed by atoms with Gasteiger partial charge in [-0.25, -0.2) is 0 Å². The van der Waals surface area contributed by atoms with E-state index in [1.807, 2.05) is 32.3 Å². The Morgan fingerprint density at radius 1 is 1.23 bits per heavy atom. The third kappa shape index (κ3) is 4.38. The number of nitrogens with two attached hydrogens (primary N) is 1. The van der Waals surface area contributed by atoms with E-state index in [1.165, 1.54) is 5.56 Å². The zero-order valence-electron chi connectivity index (χ0n) is 13.0. The Morgan fingerprint density at radius 3 is 2.64 bits per heavy atom. The molecule has 1 aromatic heterocycles. The van der Waals surface area contributed by atoms with Crippen LogP contribution in [0.1, 0.15) is 27.2 Å². The van der Waals surface area contributed by atoms with Gasteiger partial charge < -0.3 is 16.0 Å². The fraction of sp³-hybridized carbons (Fsp3) is 0.294. The van der Waals surface area contributed by atoms with E-state index in [-0.39, 0.29) is 5.91 Å². The van der Waals surface area contributed by atoms with E-state index in [4.69, 9.17) is 5.73 Å². The maximum Gasteiger partial charge on any atom is 0.251 e. The standard InChI is InChI=1S/C17H22N4O/c1-21(2)12-15-6-4-3-5-14(15)11-20-17(22)13-7-8-19-16(9-13)10-18/h3-9H,10-12,18H2,1-2H3,(H,20,22). The summed E-state index contributed by atoms with van der Waals surface area (Å²) in [5, 5.41) is 2.95. The van der Waals surface area contributed by atoms with Crippen LogP contribution >= 0.6 is 0 Å². The number of nitrogens with zero attached hydrogens (tertiary/aromatic N) is 2. The molecule has 0 atom stereocenters. The summed E-state index contributed by atoms with van der Waals surface area (Å²) in [7, 11) is 4.06. The predicted octanol–water partition coefficient (Wildman–Crippen LogP) is 1.53. The van der Waals surface area contributed by atoms with E-state index < -0.39 is 0 Å². The first-order valence-corrected chi connectivity index (χ1v) is 7.25. The molecule has 0 bridgehead atoms. The molecule has 0 spiro atoms. The van der Waals surface area contributed by atoms with Gasteiger partial charge in [-0.2, -0.15) is 0 Å². The smallest absolute Gasteiger partial charge is 0.251 e. The molecule has 0 aliphatic carbocycles. The van der Waals surface area contributed by atoms with Gasteiger partial charge >= 0.3 is 0 Å². The Bertz CT molecular complexity index is 640. The lowest BCUT2D eigenvalue weighted by molar-refractivity contribution is 0.0950. The SMILES string of the molecule is CN(C)Cc1ccccc1CNC(=O)c1ccnc(CN)c1. The third-order valence-corrected chi connectivity index (χ3v) is 3.33. The van der Waals surface area contributed by atoms with E-state index in [1.54, 1.807) is 18.3 Å². The van der Waals surface area contributed by atoms with Crippen LogP contribution in [-0.4, -0.2) is 29.9 Å². The largest absolute Gasteiger partial charge is 0.348 e. The summed E-state index contributed by atoms with van der Waals surface area (Å²) in [5.74, 6) is -0.114. The van der Waals surface area contributed by atoms with E-state index in [2.05, 4.69) is 21.3 Å². The van der Waals surface area contributed by atoms with Crippen LogP contribution in [0.3, 0.4) is 0 Å². The highest BCUT2D eigenvalue weighted by Crippen LogP contribution is 2.11. The van der Waals surface area contributed by atoms with Crippen molar-refractivity contribution in [1.29, 1.82) is 0 Å². The molecule has 3 N–H and O–H groups in total. The van der Waals surface area contributed by atoms with Gasteiger partial charge in [0.2, 0.25) is 0 Å². The molecule has 0 saturated carbocycles. The summed E-state index contributed by atoms with van der Waals surface area (Å²) in [4.78, 5) is 18.4. The van der Waals surface area contributed by atoms with Crippen LogP contribution in [0.4, 0.5) is 0 Å². The zero-order chi connectivity index (χ0) is 15.9. The number of aromatic nitrogens is 1. The minimum atomic E-state index is -0.114. The van der Waals surface area contributed by atoms with Crippen molar-refractivity contribution < 1.29 is 4.79 Å². The van der Waals surface area contributed by atoms with Gasteiger partial charge in [-0.1, -0.05) is 24.3 Å². The number of pyridine rings is 1. The molecule has 2 aromatic rings. The molecule has 1 aromatic carbocycles. The third-order valence-electron chi connectivity index (χ3n) is 3.33. The maximum absolute atomic E-state index is 12.2. The van der Waals surface area contributed by atoms with E-state index in [0.29, 0.717) is 24.3 Å². The van der Waals surface area contributed by atoms with Gasteiger partial charge in [0.1, 0.15) is 0 Å². The quantitative estimate of drug-likeness (QED) is 0.848. The van der Waals surface area contributed by atoms with E-state index in [0.717, 1.165) is 12.1 Å². The van der Waals surface area contributed by atoms with Crippen LogP contribution in [-0.2, 0) is 19.6 Å². The van der Waals surface area contributed by atoms with Crippen molar-refractivity contribution in [3.63, 3.8) is 0 Å². The first-order valence-electron chi connectivity index (χ1n) is 7.25. The number of hydrogen-bond donors (Lipinski definition) is 2. The molecule has 0 radical (unpaired) electrons. The van der Waals surface area contributed by atoms with Crippen molar-refractivity contribution in [2.75, 3.05) is 14.1 Å². The van der Waals surface area contributed by atoms with Crippen LogP contribution in [0.15, 0.2) is 42.6 Å². The van der Waals surface area contributed by atoms with Crippen molar-refractivity contribution >= 4 is 5.91 Å². The molecular formula is C17H22N4O. The van der Waals surface area contributed by atoms with Gasteiger partial charge in [0, 0.05) is 31.4 Å². The molecule has 0 fully saturated rings. The van der Waals surface area contributed by atoms with Crippen LogP contribution in [0.5, 0.6) is 0 Å². The second-order valence-electron chi connectivity index (χ2n) is 5.43. The molecule has 116 valence electrons. The first kappa shape index (κ1) is 16.1. The number of carbonyl (C=O) groups is 1. The number of nitrogens with one attached hydrogen (secondary N) is 1. The van der Waals surface area contributed by atoms with Crippen LogP contribution in [0.2, 0.25) is 0 Å². The number of benzene rings is 1. The van der Waals surface area contributed by atoms with Crippen molar-refractivity contribution in [2.45, 2.75) is 19.6 Å². The van der Waals surface area contributed by atoms with Crippen molar-refractivity contribution in [2.24, 2.45) is 5.73 Å². The Morgan fingerprint density at radius 2 is 1.95 bits per heavy atom. The van der Waals surface area contributed by atoms with Crippen LogP contribution in [0.25, 0.3) is 0 Å². The lowest BCUT2D eigenvalue weighted by Crippen LogP contribution is -2.24. The fourth-order valence-corrected chi connectivity index (χ4v) is 2.23. The first-order chi connectivity index (χ1) is 10.6. The molecule has 5 heteroatoms. The Hall–Kier alpha value is -2.24. The molecule has 1 heterocycles. The normalized spacial score (nSPS) is 10.7. The highest BCUT2D eigenvalue weighted by atomic mass is 16.1. The summed E-state index contributed by atoms with van der Waals surface area (Å²) < 4.78 is 0. The maximum atomic E-state index is 12.2. The van der Waals surface area contributed by atoms with Gasteiger partial charge in [0.25, 0.3) is 5.91 Å². The lowest BCUT2D eigenvalue weighted by Gasteiger charge is -2.14. The predicted molar refractivity (Wildman–Crippen MR) is 87.1 cm³/mol. The lowest BCUT2D eigenvalue weighted by atomic mass is 10.1. The highest BCUT2D eigenvalue weighted by molar-refractivity contribution is 5.94. The van der Waals surface area contributed by atoms with Gasteiger partial charge in [-0.3, -0.25) is 9.78 Å². The highest BCUT2D eigenvalue weighted by Gasteiger charge is 2.08. The number of rotatable bonds is 6. The van der Waals surface area contributed by atoms with Gasteiger partial charge in [0.15, 0.2) is 0 Å². The Balaban J connectivity index is 2.05. The zero-order valence-corrected chi connectivity index (χ0v) is 13.0.